The van der Waals surface area contributed by atoms with E-state index in [1.165, 1.54) is 0 Å². The number of amides is 1. The van der Waals surface area contributed by atoms with E-state index in [4.69, 9.17) is 13.9 Å². The van der Waals surface area contributed by atoms with Crippen LogP contribution < -0.4 is 14.8 Å². The van der Waals surface area contributed by atoms with Gasteiger partial charge in [0.1, 0.15) is 19.3 Å². The average Bonchev–Trinajstić information content (AvgIpc) is 3.45. The van der Waals surface area contributed by atoms with E-state index in [0.29, 0.717) is 43.3 Å². The summed E-state index contributed by atoms with van der Waals surface area (Å²) in [6.07, 6.45) is 3.51. The Labute approximate surface area is 171 Å². The lowest BCUT2D eigenvalue weighted by molar-refractivity contribution is -0.122. The van der Waals surface area contributed by atoms with Gasteiger partial charge < -0.3 is 19.2 Å². The number of rotatable bonds is 8. The third-order valence-electron chi connectivity index (χ3n) is 5.47. The van der Waals surface area contributed by atoms with Gasteiger partial charge in [0, 0.05) is 13.3 Å². The van der Waals surface area contributed by atoms with Gasteiger partial charge in [0.2, 0.25) is 17.7 Å². The Bertz CT molecular complexity index is 859. The number of carbonyl (C=O) groups is 1. The van der Waals surface area contributed by atoms with Crippen molar-refractivity contribution < 1.29 is 18.7 Å². The molecule has 1 aromatic carbocycles. The number of fused-ring (bicyclic) bond motifs is 1. The highest BCUT2D eigenvalue weighted by atomic mass is 16.6. The van der Waals surface area contributed by atoms with Crippen molar-refractivity contribution in [3.05, 3.63) is 35.5 Å². The van der Waals surface area contributed by atoms with Crippen LogP contribution in [0.2, 0.25) is 0 Å². The first-order valence-corrected chi connectivity index (χ1v) is 10.5. The molecule has 0 radical (unpaired) electrons. The summed E-state index contributed by atoms with van der Waals surface area (Å²) in [6.45, 7) is 7.13. The van der Waals surface area contributed by atoms with Crippen LogP contribution in [-0.2, 0) is 4.79 Å². The molecule has 0 spiro atoms. The van der Waals surface area contributed by atoms with Gasteiger partial charge >= 0.3 is 0 Å². The Morgan fingerprint density at radius 1 is 1.17 bits per heavy atom. The number of ether oxygens (including phenoxy) is 2. The molecule has 1 aromatic heterocycles. The number of nitrogens with zero attached hydrogens (tertiary/aromatic N) is 2. The Kier molecular flexibility index (Phi) is 5.74. The second kappa shape index (κ2) is 8.43. The molecule has 1 amide bonds. The highest BCUT2D eigenvalue weighted by molar-refractivity contribution is 5.77. The standard InChI is InChI=1S/C22H29N3O4/c1-13(2)10-18(22-25-24-14(3)29-22)23-21(26)12-17(15-4-5-15)16-6-7-19-20(11-16)28-9-8-27-19/h6-7,11,13,15,17-18H,4-5,8-10,12H2,1-3H3,(H,23,26). The molecule has 2 atom stereocenters. The fourth-order valence-electron chi connectivity index (χ4n) is 3.94. The molecule has 2 aromatic rings. The third-order valence-corrected chi connectivity index (χ3v) is 5.47. The molecule has 156 valence electrons. The molecule has 1 N–H and O–H groups in total. The van der Waals surface area contributed by atoms with E-state index < -0.39 is 0 Å². The van der Waals surface area contributed by atoms with Gasteiger partial charge in [-0.1, -0.05) is 19.9 Å². The Morgan fingerprint density at radius 3 is 2.59 bits per heavy atom. The maximum atomic E-state index is 13.0. The van der Waals surface area contributed by atoms with Gasteiger partial charge in [-0.15, -0.1) is 10.2 Å². The minimum absolute atomic E-state index is 0.0123. The summed E-state index contributed by atoms with van der Waals surface area (Å²) < 4.78 is 17.0. The van der Waals surface area contributed by atoms with Crippen LogP contribution in [0.15, 0.2) is 22.6 Å². The van der Waals surface area contributed by atoms with Crippen molar-refractivity contribution in [2.24, 2.45) is 11.8 Å². The number of aryl methyl sites for hydroxylation is 1. The van der Waals surface area contributed by atoms with Crippen LogP contribution in [0.4, 0.5) is 0 Å². The maximum Gasteiger partial charge on any atom is 0.238 e. The number of aromatic nitrogens is 2. The predicted octanol–water partition coefficient (Wildman–Crippen LogP) is 3.94. The van der Waals surface area contributed by atoms with Crippen molar-refractivity contribution in [2.75, 3.05) is 13.2 Å². The molecule has 2 heterocycles. The van der Waals surface area contributed by atoms with Crippen LogP contribution in [0.1, 0.15) is 68.8 Å². The topological polar surface area (TPSA) is 86.5 Å². The number of hydrogen-bond acceptors (Lipinski definition) is 6. The fraction of sp³-hybridized carbons (Fsp3) is 0.591. The molecule has 1 aliphatic heterocycles. The third kappa shape index (κ3) is 4.89. The minimum atomic E-state index is -0.260. The van der Waals surface area contributed by atoms with Crippen molar-refractivity contribution in [1.29, 1.82) is 0 Å². The van der Waals surface area contributed by atoms with E-state index in [9.17, 15) is 4.79 Å². The van der Waals surface area contributed by atoms with Crippen molar-refractivity contribution in [2.45, 2.75) is 58.4 Å². The van der Waals surface area contributed by atoms with Crippen molar-refractivity contribution in [3.8, 4) is 11.5 Å². The summed E-state index contributed by atoms with van der Waals surface area (Å²) in [5.74, 6) is 3.67. The quantitative estimate of drug-likeness (QED) is 0.724. The molecule has 0 bridgehead atoms. The van der Waals surface area contributed by atoms with Crippen molar-refractivity contribution in [3.63, 3.8) is 0 Å². The van der Waals surface area contributed by atoms with E-state index in [1.54, 1.807) is 6.92 Å². The molecule has 29 heavy (non-hydrogen) atoms. The van der Waals surface area contributed by atoms with Crippen LogP contribution in [0, 0.1) is 18.8 Å². The molecule has 1 fully saturated rings. The predicted molar refractivity (Wildman–Crippen MR) is 107 cm³/mol. The van der Waals surface area contributed by atoms with Gasteiger partial charge in [-0.25, -0.2) is 0 Å². The lowest BCUT2D eigenvalue weighted by Crippen LogP contribution is -2.31. The molecular formula is C22H29N3O4. The highest BCUT2D eigenvalue weighted by Crippen LogP contribution is 2.46. The SMILES string of the molecule is Cc1nnc(C(CC(C)C)NC(=O)CC(c2ccc3c(c2)OCCO3)C2CC2)o1. The van der Waals surface area contributed by atoms with Gasteiger partial charge in [0.05, 0.1) is 0 Å². The molecule has 2 unspecified atom stereocenters. The van der Waals surface area contributed by atoms with E-state index in [0.717, 1.165) is 36.3 Å². The van der Waals surface area contributed by atoms with E-state index >= 15 is 0 Å². The maximum absolute atomic E-state index is 13.0. The first kappa shape index (κ1) is 19.7. The Morgan fingerprint density at radius 2 is 1.93 bits per heavy atom. The van der Waals surface area contributed by atoms with Crippen molar-refractivity contribution in [1.82, 2.24) is 15.5 Å². The normalized spacial score (nSPS) is 17.8. The molecule has 4 rings (SSSR count). The molecule has 0 saturated heterocycles. The fourth-order valence-corrected chi connectivity index (χ4v) is 3.94. The second-order valence-corrected chi connectivity index (χ2v) is 8.46. The number of benzene rings is 1. The van der Waals surface area contributed by atoms with E-state index in [-0.39, 0.29) is 17.9 Å². The summed E-state index contributed by atoms with van der Waals surface area (Å²) in [6, 6.07) is 5.80. The van der Waals surface area contributed by atoms with Gasteiger partial charge in [-0.3, -0.25) is 4.79 Å². The van der Waals surface area contributed by atoms with Crippen LogP contribution >= 0.6 is 0 Å². The molecular weight excluding hydrogens is 370 g/mol. The number of carbonyl (C=O) groups excluding carboxylic acids is 1. The summed E-state index contributed by atoms with van der Waals surface area (Å²) in [5, 5.41) is 11.2. The van der Waals surface area contributed by atoms with Crippen LogP contribution in [0.3, 0.4) is 0 Å². The molecule has 7 nitrogen and oxygen atoms in total. The summed E-state index contributed by atoms with van der Waals surface area (Å²) in [4.78, 5) is 13.0. The summed E-state index contributed by atoms with van der Waals surface area (Å²) >= 11 is 0. The van der Waals surface area contributed by atoms with E-state index in [2.05, 4.69) is 35.4 Å². The smallest absolute Gasteiger partial charge is 0.238 e. The largest absolute Gasteiger partial charge is 0.486 e. The van der Waals surface area contributed by atoms with Crippen LogP contribution in [0.5, 0.6) is 11.5 Å². The molecule has 1 aliphatic carbocycles. The Balaban J connectivity index is 1.47. The zero-order chi connectivity index (χ0) is 20.4. The summed E-state index contributed by atoms with van der Waals surface area (Å²) in [7, 11) is 0. The van der Waals surface area contributed by atoms with Gasteiger partial charge in [0.25, 0.3) is 0 Å². The van der Waals surface area contributed by atoms with Crippen LogP contribution in [0.25, 0.3) is 0 Å². The average molecular weight is 399 g/mol. The minimum Gasteiger partial charge on any atom is -0.486 e. The Hall–Kier alpha value is -2.57. The van der Waals surface area contributed by atoms with Gasteiger partial charge in [-0.2, -0.15) is 0 Å². The zero-order valence-corrected chi connectivity index (χ0v) is 17.3. The van der Waals surface area contributed by atoms with Gasteiger partial charge in [0.15, 0.2) is 11.5 Å². The molecule has 1 saturated carbocycles. The zero-order valence-electron chi connectivity index (χ0n) is 17.3. The number of hydrogen-bond donors (Lipinski definition) is 1. The molecule has 2 aliphatic rings. The first-order valence-electron chi connectivity index (χ1n) is 10.5. The monoisotopic (exact) mass is 399 g/mol. The number of nitrogens with one attached hydrogen (secondary N) is 1. The van der Waals surface area contributed by atoms with Crippen molar-refractivity contribution >= 4 is 5.91 Å². The lowest BCUT2D eigenvalue weighted by atomic mass is 9.90. The molecule has 7 heteroatoms. The van der Waals surface area contributed by atoms with Crippen LogP contribution in [-0.4, -0.2) is 29.3 Å². The summed E-state index contributed by atoms with van der Waals surface area (Å²) in [5.41, 5.74) is 1.14. The van der Waals surface area contributed by atoms with Gasteiger partial charge in [-0.05, 0) is 54.7 Å². The van der Waals surface area contributed by atoms with E-state index in [1.807, 2.05) is 12.1 Å². The lowest BCUT2D eigenvalue weighted by Gasteiger charge is -2.23. The highest BCUT2D eigenvalue weighted by Gasteiger charge is 2.35. The second-order valence-electron chi connectivity index (χ2n) is 8.46. The first-order chi connectivity index (χ1) is 14.0.